The summed E-state index contributed by atoms with van der Waals surface area (Å²) in [5.41, 5.74) is 0.973. The van der Waals surface area contributed by atoms with Crippen molar-refractivity contribution in [2.45, 2.75) is 39.0 Å². The normalized spacial score (nSPS) is 18.6. The minimum absolute atomic E-state index is 0.0143. The van der Waals surface area contributed by atoms with Gasteiger partial charge < -0.3 is 10.1 Å². The van der Waals surface area contributed by atoms with Crippen LogP contribution in [0.2, 0.25) is 0 Å². The second-order valence-electron chi connectivity index (χ2n) is 6.69. The number of benzene rings is 1. The number of nitrogens with one attached hydrogen (secondary N) is 1. The van der Waals surface area contributed by atoms with E-state index in [1.54, 1.807) is 0 Å². The van der Waals surface area contributed by atoms with Crippen LogP contribution in [-0.2, 0) is 14.9 Å². The first-order valence-corrected chi connectivity index (χ1v) is 7.36. The summed E-state index contributed by atoms with van der Waals surface area (Å²) in [7, 11) is 0. The van der Waals surface area contributed by atoms with Crippen molar-refractivity contribution in [2.75, 3.05) is 19.8 Å². The van der Waals surface area contributed by atoms with Crippen LogP contribution >= 0.6 is 0 Å². The Labute approximate surface area is 121 Å². The molecule has 0 spiro atoms. The Morgan fingerprint density at radius 2 is 1.80 bits per heavy atom. The van der Waals surface area contributed by atoms with E-state index < -0.39 is 0 Å². The monoisotopic (exact) mass is 275 g/mol. The summed E-state index contributed by atoms with van der Waals surface area (Å²) < 4.78 is 5.51. The summed E-state index contributed by atoms with van der Waals surface area (Å²) in [5.74, 6) is 0.110. The molecule has 1 aromatic rings. The van der Waals surface area contributed by atoms with Gasteiger partial charge in [0, 0.05) is 30.6 Å². The zero-order valence-corrected chi connectivity index (χ0v) is 12.7. The molecule has 1 fully saturated rings. The van der Waals surface area contributed by atoms with Gasteiger partial charge in [0.05, 0.1) is 0 Å². The third kappa shape index (κ3) is 3.40. The third-order valence-electron chi connectivity index (χ3n) is 4.10. The molecular formula is C17H25NO2. The van der Waals surface area contributed by atoms with E-state index in [0.717, 1.165) is 26.1 Å². The second-order valence-corrected chi connectivity index (χ2v) is 6.69. The van der Waals surface area contributed by atoms with Gasteiger partial charge in [-0.25, -0.2) is 0 Å². The third-order valence-corrected chi connectivity index (χ3v) is 4.10. The van der Waals surface area contributed by atoms with Gasteiger partial charge in [0.15, 0.2) is 0 Å². The number of amides is 1. The van der Waals surface area contributed by atoms with E-state index in [4.69, 9.17) is 4.74 Å². The molecule has 1 aliphatic heterocycles. The Hall–Kier alpha value is -1.35. The lowest BCUT2D eigenvalue weighted by Crippen LogP contribution is -2.47. The summed E-state index contributed by atoms with van der Waals surface area (Å²) >= 11 is 0. The number of carbonyl (C=O) groups excluding carboxylic acids is 1. The van der Waals surface area contributed by atoms with Crippen molar-refractivity contribution in [3.05, 3.63) is 35.9 Å². The largest absolute Gasteiger partial charge is 0.381 e. The number of rotatable bonds is 3. The molecule has 0 saturated carbocycles. The first-order valence-electron chi connectivity index (χ1n) is 7.36. The molecule has 0 atom stereocenters. The van der Waals surface area contributed by atoms with E-state index in [1.807, 2.05) is 26.8 Å². The first-order chi connectivity index (χ1) is 9.44. The molecule has 1 heterocycles. The molecule has 20 heavy (non-hydrogen) atoms. The van der Waals surface area contributed by atoms with E-state index in [1.165, 1.54) is 5.56 Å². The van der Waals surface area contributed by atoms with Gasteiger partial charge in [-0.1, -0.05) is 51.1 Å². The smallest absolute Gasteiger partial charge is 0.225 e. The second kappa shape index (κ2) is 5.96. The average Bonchev–Trinajstić information content (AvgIpc) is 2.45. The molecule has 1 aliphatic rings. The number of carbonyl (C=O) groups is 1. The fraction of sp³-hybridized carbons (Fsp3) is 0.588. The zero-order chi connectivity index (χ0) is 14.6. The van der Waals surface area contributed by atoms with E-state index in [0.29, 0.717) is 6.54 Å². The molecule has 0 radical (unpaired) electrons. The molecule has 1 N–H and O–H groups in total. The molecule has 0 unspecified atom stereocenters. The van der Waals surface area contributed by atoms with Crippen LogP contribution in [0.5, 0.6) is 0 Å². The van der Waals surface area contributed by atoms with E-state index >= 15 is 0 Å². The highest BCUT2D eigenvalue weighted by Gasteiger charge is 2.35. The van der Waals surface area contributed by atoms with Crippen molar-refractivity contribution in [3.8, 4) is 0 Å². The summed E-state index contributed by atoms with van der Waals surface area (Å²) in [4.78, 5) is 12.1. The molecule has 3 heteroatoms. The molecule has 0 bridgehead atoms. The van der Waals surface area contributed by atoms with E-state index in [-0.39, 0.29) is 16.7 Å². The number of hydrogen-bond acceptors (Lipinski definition) is 2. The van der Waals surface area contributed by atoms with E-state index in [9.17, 15) is 4.79 Å². The average molecular weight is 275 g/mol. The lowest BCUT2D eigenvalue weighted by atomic mass is 9.74. The Morgan fingerprint density at radius 3 is 2.35 bits per heavy atom. The van der Waals surface area contributed by atoms with Gasteiger partial charge in [0.1, 0.15) is 0 Å². The van der Waals surface area contributed by atoms with Crippen molar-refractivity contribution in [1.82, 2.24) is 5.32 Å². The maximum absolute atomic E-state index is 12.1. The van der Waals surface area contributed by atoms with Crippen LogP contribution in [0.3, 0.4) is 0 Å². The van der Waals surface area contributed by atoms with E-state index in [2.05, 4.69) is 29.6 Å². The van der Waals surface area contributed by atoms with Gasteiger partial charge >= 0.3 is 0 Å². The van der Waals surface area contributed by atoms with Crippen molar-refractivity contribution in [1.29, 1.82) is 0 Å². The number of hydrogen-bond donors (Lipinski definition) is 1. The Balaban J connectivity index is 2.14. The van der Waals surface area contributed by atoms with Gasteiger partial charge in [0.25, 0.3) is 0 Å². The molecule has 1 aromatic carbocycles. The van der Waals surface area contributed by atoms with Gasteiger partial charge in [-0.3, -0.25) is 4.79 Å². The molecular weight excluding hydrogens is 250 g/mol. The van der Waals surface area contributed by atoms with Crippen LogP contribution in [0.1, 0.15) is 39.2 Å². The first kappa shape index (κ1) is 15.0. The SMILES string of the molecule is CC(C)(C)C(=O)NCC1(c2ccccc2)CCOCC1. The van der Waals surface area contributed by atoms with Crippen molar-refractivity contribution < 1.29 is 9.53 Å². The minimum Gasteiger partial charge on any atom is -0.381 e. The van der Waals surface area contributed by atoms with Crippen molar-refractivity contribution in [2.24, 2.45) is 5.41 Å². The molecule has 3 nitrogen and oxygen atoms in total. The fourth-order valence-electron chi connectivity index (χ4n) is 2.64. The van der Waals surface area contributed by atoms with Crippen LogP contribution in [0.15, 0.2) is 30.3 Å². The van der Waals surface area contributed by atoms with Gasteiger partial charge in [-0.05, 0) is 18.4 Å². The zero-order valence-electron chi connectivity index (χ0n) is 12.7. The number of ether oxygens (including phenoxy) is 1. The van der Waals surface area contributed by atoms with Crippen molar-refractivity contribution >= 4 is 5.91 Å². The van der Waals surface area contributed by atoms with Crippen LogP contribution in [0.4, 0.5) is 0 Å². The molecule has 1 saturated heterocycles. The summed E-state index contributed by atoms with van der Waals surface area (Å²) in [6, 6.07) is 10.5. The Kier molecular flexibility index (Phi) is 4.48. The molecule has 2 rings (SSSR count). The lowest BCUT2D eigenvalue weighted by molar-refractivity contribution is -0.129. The highest BCUT2D eigenvalue weighted by molar-refractivity contribution is 5.81. The molecule has 0 aliphatic carbocycles. The predicted octanol–water partition coefficient (Wildman–Crippen LogP) is 2.90. The maximum atomic E-state index is 12.1. The molecule has 110 valence electrons. The Morgan fingerprint density at radius 1 is 1.20 bits per heavy atom. The standard InChI is InChI=1S/C17H25NO2/c1-16(2,3)15(19)18-13-17(9-11-20-12-10-17)14-7-5-4-6-8-14/h4-8H,9-13H2,1-3H3,(H,18,19). The van der Waals surface area contributed by atoms with Gasteiger partial charge in [0.2, 0.25) is 5.91 Å². The van der Waals surface area contributed by atoms with Crippen LogP contribution < -0.4 is 5.32 Å². The summed E-state index contributed by atoms with van der Waals surface area (Å²) in [5, 5.41) is 3.14. The highest BCUT2D eigenvalue weighted by atomic mass is 16.5. The van der Waals surface area contributed by atoms with Gasteiger partial charge in [-0.2, -0.15) is 0 Å². The predicted molar refractivity (Wildman–Crippen MR) is 80.6 cm³/mol. The Bertz CT molecular complexity index is 442. The van der Waals surface area contributed by atoms with Crippen LogP contribution in [-0.4, -0.2) is 25.7 Å². The molecule has 0 aromatic heterocycles. The topological polar surface area (TPSA) is 38.3 Å². The lowest BCUT2D eigenvalue weighted by Gasteiger charge is -2.38. The summed E-state index contributed by atoms with van der Waals surface area (Å²) in [6.07, 6.45) is 1.92. The fourth-order valence-corrected chi connectivity index (χ4v) is 2.64. The van der Waals surface area contributed by atoms with Crippen LogP contribution in [0.25, 0.3) is 0 Å². The minimum atomic E-state index is -0.344. The highest BCUT2D eigenvalue weighted by Crippen LogP contribution is 2.34. The summed E-state index contributed by atoms with van der Waals surface area (Å²) in [6.45, 7) is 8.06. The quantitative estimate of drug-likeness (QED) is 0.921. The van der Waals surface area contributed by atoms with Crippen LogP contribution in [0, 0.1) is 5.41 Å². The van der Waals surface area contributed by atoms with Gasteiger partial charge in [-0.15, -0.1) is 0 Å². The maximum Gasteiger partial charge on any atom is 0.225 e. The van der Waals surface area contributed by atoms with Crippen molar-refractivity contribution in [3.63, 3.8) is 0 Å². The molecule has 1 amide bonds.